The summed E-state index contributed by atoms with van der Waals surface area (Å²) in [4.78, 5) is 0. The second-order valence-corrected chi connectivity index (χ2v) is 5.18. The Hall–Kier alpha value is -1.20. The van der Waals surface area contributed by atoms with Crippen molar-refractivity contribution in [2.75, 3.05) is 26.4 Å². The van der Waals surface area contributed by atoms with Gasteiger partial charge in [-0.15, -0.1) is 0 Å². The largest absolute Gasteiger partial charge is 0.374 e. The van der Waals surface area contributed by atoms with Crippen LogP contribution in [0.1, 0.15) is 16.7 Å². The van der Waals surface area contributed by atoms with Gasteiger partial charge in [-0.1, -0.05) is 24.8 Å². The maximum Gasteiger partial charge on any atom is 0.104 e. The van der Waals surface area contributed by atoms with Gasteiger partial charge in [-0.05, 0) is 22.8 Å². The van der Waals surface area contributed by atoms with Crippen molar-refractivity contribution >= 4 is 6.08 Å². The molecule has 1 aromatic rings. The van der Waals surface area contributed by atoms with Gasteiger partial charge in [-0.25, -0.2) is 0 Å². The fraction of sp³-hybridized carbons (Fsp3) is 0.500. The zero-order valence-electron chi connectivity index (χ0n) is 11.5. The highest BCUT2D eigenvalue weighted by Gasteiger charge is 2.23. The monoisotopic (exact) mass is 276 g/mol. The molecule has 108 valence electrons. The van der Waals surface area contributed by atoms with E-state index in [2.05, 4.69) is 24.8 Å². The first-order valence-electron chi connectivity index (χ1n) is 6.98. The second kappa shape index (κ2) is 6.50. The van der Waals surface area contributed by atoms with Gasteiger partial charge in [0.15, 0.2) is 0 Å². The molecule has 2 atom stereocenters. The number of hydrogen-bond acceptors (Lipinski definition) is 4. The molecule has 0 radical (unpaired) electrons. The molecule has 2 heterocycles. The lowest BCUT2D eigenvalue weighted by molar-refractivity contribution is 0.102. The number of ether oxygens (including phenoxy) is 4. The molecule has 0 aliphatic carbocycles. The molecule has 0 spiro atoms. The molecular formula is C16H20O4. The van der Waals surface area contributed by atoms with E-state index in [1.165, 1.54) is 0 Å². The minimum absolute atomic E-state index is 0.305. The Kier molecular flexibility index (Phi) is 4.47. The van der Waals surface area contributed by atoms with E-state index in [9.17, 15) is 0 Å². The molecule has 0 aromatic heterocycles. The van der Waals surface area contributed by atoms with E-state index < -0.39 is 0 Å². The molecule has 0 amide bonds. The Labute approximate surface area is 119 Å². The molecule has 4 nitrogen and oxygen atoms in total. The summed E-state index contributed by atoms with van der Waals surface area (Å²) in [5, 5.41) is 0. The second-order valence-electron chi connectivity index (χ2n) is 5.18. The van der Waals surface area contributed by atoms with Crippen molar-refractivity contribution in [1.82, 2.24) is 0 Å². The van der Waals surface area contributed by atoms with Crippen molar-refractivity contribution < 1.29 is 18.9 Å². The molecule has 4 heteroatoms. The topological polar surface area (TPSA) is 43.5 Å². The first kappa shape index (κ1) is 13.8. The normalized spacial score (nSPS) is 23.6. The van der Waals surface area contributed by atoms with Crippen molar-refractivity contribution in [1.29, 1.82) is 0 Å². The van der Waals surface area contributed by atoms with Crippen LogP contribution in [0.3, 0.4) is 0 Å². The molecular weight excluding hydrogens is 256 g/mol. The van der Waals surface area contributed by atoms with Crippen LogP contribution < -0.4 is 0 Å². The summed E-state index contributed by atoms with van der Waals surface area (Å²) in [6, 6.07) is 6.26. The van der Waals surface area contributed by atoms with Gasteiger partial charge < -0.3 is 18.9 Å². The van der Waals surface area contributed by atoms with Crippen LogP contribution in [0.15, 0.2) is 24.8 Å². The maximum absolute atomic E-state index is 5.63. The zero-order valence-corrected chi connectivity index (χ0v) is 11.5. The summed E-state index contributed by atoms with van der Waals surface area (Å²) in [7, 11) is 0. The highest BCUT2D eigenvalue weighted by atomic mass is 16.6. The molecule has 0 N–H and O–H groups in total. The summed E-state index contributed by atoms with van der Waals surface area (Å²) in [6.07, 6.45) is 2.48. The molecule has 20 heavy (non-hydrogen) atoms. The lowest BCUT2D eigenvalue weighted by Crippen LogP contribution is -2.04. The summed E-state index contributed by atoms with van der Waals surface area (Å²) in [5.41, 5.74) is 3.40. The fourth-order valence-corrected chi connectivity index (χ4v) is 1.99. The van der Waals surface area contributed by atoms with Crippen molar-refractivity contribution in [3.63, 3.8) is 0 Å². The highest BCUT2D eigenvalue weighted by Crippen LogP contribution is 2.18. The number of hydrogen-bond donors (Lipinski definition) is 0. The van der Waals surface area contributed by atoms with E-state index in [0.717, 1.165) is 29.9 Å². The molecule has 2 saturated heterocycles. The fourth-order valence-electron chi connectivity index (χ4n) is 1.99. The van der Waals surface area contributed by atoms with E-state index in [-0.39, 0.29) is 0 Å². The average molecular weight is 276 g/mol. The minimum Gasteiger partial charge on any atom is -0.374 e. The van der Waals surface area contributed by atoms with Crippen LogP contribution >= 0.6 is 0 Å². The van der Waals surface area contributed by atoms with Crippen LogP contribution in [-0.4, -0.2) is 38.6 Å². The third-order valence-corrected chi connectivity index (χ3v) is 3.37. The summed E-state index contributed by atoms with van der Waals surface area (Å²) < 4.78 is 21.5. The Bertz CT molecular complexity index is 464. The van der Waals surface area contributed by atoms with Gasteiger partial charge in [-0.3, -0.25) is 0 Å². The Morgan fingerprint density at radius 2 is 1.75 bits per heavy atom. The Morgan fingerprint density at radius 1 is 1.10 bits per heavy atom. The first-order chi connectivity index (χ1) is 9.85. The van der Waals surface area contributed by atoms with Gasteiger partial charge in [0.1, 0.15) is 12.2 Å². The predicted octanol–water partition coefficient (Wildman–Crippen LogP) is 2.16. The van der Waals surface area contributed by atoms with E-state index in [4.69, 9.17) is 18.9 Å². The quantitative estimate of drug-likeness (QED) is 0.648. The van der Waals surface area contributed by atoms with Crippen molar-refractivity contribution in [2.24, 2.45) is 0 Å². The van der Waals surface area contributed by atoms with Gasteiger partial charge in [0.05, 0.1) is 39.6 Å². The lowest BCUT2D eigenvalue weighted by Gasteiger charge is -2.10. The molecule has 0 saturated carbocycles. The molecule has 2 unspecified atom stereocenters. The molecule has 3 rings (SSSR count). The third kappa shape index (κ3) is 4.15. The predicted molar refractivity (Wildman–Crippen MR) is 75.3 cm³/mol. The average Bonchev–Trinajstić information content (AvgIpc) is 3.34. The Balaban J connectivity index is 1.51. The molecule has 0 bridgehead atoms. The molecule has 1 aromatic carbocycles. The van der Waals surface area contributed by atoms with E-state index in [0.29, 0.717) is 38.6 Å². The van der Waals surface area contributed by atoms with Crippen LogP contribution in [0.5, 0.6) is 0 Å². The molecule has 2 aliphatic rings. The zero-order chi connectivity index (χ0) is 13.8. The number of epoxide rings is 2. The van der Waals surface area contributed by atoms with Crippen LogP contribution in [0, 0.1) is 0 Å². The SMILES string of the molecule is C=Cc1cc(COCC2CO2)ccc1COCC1CO1. The Morgan fingerprint density at radius 3 is 2.35 bits per heavy atom. The third-order valence-electron chi connectivity index (χ3n) is 3.37. The van der Waals surface area contributed by atoms with Gasteiger partial charge in [-0.2, -0.15) is 0 Å². The van der Waals surface area contributed by atoms with Gasteiger partial charge in [0.2, 0.25) is 0 Å². The van der Waals surface area contributed by atoms with E-state index >= 15 is 0 Å². The molecule has 2 aliphatic heterocycles. The van der Waals surface area contributed by atoms with Gasteiger partial charge in [0, 0.05) is 0 Å². The lowest BCUT2D eigenvalue weighted by atomic mass is 10.0. The van der Waals surface area contributed by atoms with Crippen LogP contribution in [0.25, 0.3) is 6.08 Å². The number of rotatable bonds is 9. The smallest absolute Gasteiger partial charge is 0.104 e. The molecule has 2 fully saturated rings. The summed E-state index contributed by atoms with van der Waals surface area (Å²) >= 11 is 0. The first-order valence-corrected chi connectivity index (χ1v) is 6.98. The standard InChI is InChI=1S/C16H20O4/c1-2-13-5-12(6-17-8-15-10-19-15)3-4-14(13)7-18-9-16-11-20-16/h2-5,15-16H,1,6-11H2. The van der Waals surface area contributed by atoms with E-state index in [1.807, 2.05) is 6.08 Å². The van der Waals surface area contributed by atoms with E-state index in [1.54, 1.807) is 0 Å². The van der Waals surface area contributed by atoms with Gasteiger partial charge in [0.25, 0.3) is 0 Å². The maximum atomic E-state index is 5.63. The summed E-state index contributed by atoms with van der Waals surface area (Å²) in [6.45, 7) is 8.08. The minimum atomic E-state index is 0.305. The van der Waals surface area contributed by atoms with Crippen molar-refractivity contribution in [3.05, 3.63) is 41.5 Å². The van der Waals surface area contributed by atoms with Crippen LogP contribution in [0.2, 0.25) is 0 Å². The summed E-state index contributed by atoms with van der Waals surface area (Å²) in [5.74, 6) is 0. The van der Waals surface area contributed by atoms with Crippen molar-refractivity contribution in [3.8, 4) is 0 Å². The van der Waals surface area contributed by atoms with Crippen LogP contribution in [-0.2, 0) is 32.2 Å². The van der Waals surface area contributed by atoms with Gasteiger partial charge >= 0.3 is 0 Å². The van der Waals surface area contributed by atoms with Crippen molar-refractivity contribution in [2.45, 2.75) is 25.4 Å². The highest BCUT2D eigenvalue weighted by molar-refractivity contribution is 5.53. The van der Waals surface area contributed by atoms with Crippen LogP contribution in [0.4, 0.5) is 0 Å². The number of benzene rings is 1.